The first kappa shape index (κ1) is 24.1. The van der Waals surface area contributed by atoms with Gasteiger partial charge in [0, 0.05) is 18.9 Å². The molecule has 0 spiro atoms. The van der Waals surface area contributed by atoms with E-state index in [1.165, 1.54) is 11.0 Å². The number of ether oxygens (including phenoxy) is 2. The number of carbonyl (C=O) groups is 2. The molecule has 4 rings (SSSR count). The van der Waals surface area contributed by atoms with Crippen LogP contribution in [0.5, 0.6) is 11.5 Å². The molecule has 1 N–H and O–H groups in total. The molecule has 2 aromatic heterocycles. The van der Waals surface area contributed by atoms with Gasteiger partial charge in [0.1, 0.15) is 5.76 Å². The Hall–Kier alpha value is -4.07. The average Bonchev–Trinajstić information content (AvgIpc) is 3.40. The predicted octanol–water partition coefficient (Wildman–Crippen LogP) is 4.95. The van der Waals surface area contributed by atoms with E-state index in [9.17, 15) is 14.7 Å². The van der Waals surface area contributed by atoms with Crippen molar-refractivity contribution in [3.05, 3.63) is 88.8 Å². The van der Waals surface area contributed by atoms with Crippen LogP contribution in [0, 0.1) is 6.92 Å². The summed E-state index contributed by atoms with van der Waals surface area (Å²) in [5, 5.41) is 10.9. The quantitative estimate of drug-likeness (QED) is 0.413. The molecule has 1 aromatic carbocycles. The van der Waals surface area contributed by atoms with Gasteiger partial charge in [0.25, 0.3) is 5.91 Å². The molecule has 3 heterocycles. The summed E-state index contributed by atoms with van der Waals surface area (Å²) in [6, 6.07) is 11.2. The van der Waals surface area contributed by atoms with Gasteiger partial charge in [-0.3, -0.25) is 14.6 Å². The van der Waals surface area contributed by atoms with Crippen LogP contribution in [-0.2, 0) is 11.3 Å². The molecule has 35 heavy (non-hydrogen) atoms. The van der Waals surface area contributed by atoms with E-state index in [1.54, 1.807) is 49.6 Å². The average molecular weight is 477 g/mol. The second kappa shape index (κ2) is 10.5. The number of hydrogen-bond acceptors (Lipinski definition) is 7. The van der Waals surface area contributed by atoms with Gasteiger partial charge in [-0.15, -0.1) is 0 Å². The number of benzene rings is 1. The van der Waals surface area contributed by atoms with Crippen molar-refractivity contribution in [2.75, 3.05) is 13.2 Å². The number of aliphatic hydroxyl groups is 1. The standard InChI is InChI=1S/C27H28N2O6/c1-4-13-34-20-11-9-19(14-22(20)33-5-2)24-23(25(30)21-10-8-17(3)35-21)26(31)27(32)29(24)16-18-7-6-12-28-15-18/h6-12,14-15,24,31H,4-5,13,16H2,1-3H3. The molecule has 8 heteroatoms. The Morgan fingerprint density at radius 1 is 1.14 bits per heavy atom. The largest absolute Gasteiger partial charge is 0.503 e. The van der Waals surface area contributed by atoms with Crippen molar-refractivity contribution >= 4 is 11.7 Å². The van der Waals surface area contributed by atoms with Gasteiger partial charge in [-0.1, -0.05) is 19.1 Å². The first-order valence-corrected chi connectivity index (χ1v) is 11.6. The first-order valence-electron chi connectivity index (χ1n) is 11.6. The third-order valence-electron chi connectivity index (χ3n) is 5.63. The number of nitrogens with zero attached hydrogens (tertiary/aromatic N) is 2. The molecule has 8 nitrogen and oxygen atoms in total. The Kier molecular flexibility index (Phi) is 7.19. The maximum Gasteiger partial charge on any atom is 0.290 e. The Morgan fingerprint density at radius 2 is 1.97 bits per heavy atom. The summed E-state index contributed by atoms with van der Waals surface area (Å²) in [4.78, 5) is 32.3. The van der Waals surface area contributed by atoms with Crippen molar-refractivity contribution in [1.82, 2.24) is 9.88 Å². The van der Waals surface area contributed by atoms with Gasteiger partial charge in [-0.05, 0) is 61.7 Å². The van der Waals surface area contributed by atoms with Crippen LogP contribution < -0.4 is 9.47 Å². The fraction of sp³-hybridized carbons (Fsp3) is 0.296. The highest BCUT2D eigenvalue weighted by molar-refractivity contribution is 6.15. The maximum atomic E-state index is 13.5. The number of furan rings is 1. The summed E-state index contributed by atoms with van der Waals surface area (Å²) < 4.78 is 17.1. The van der Waals surface area contributed by atoms with Crippen LogP contribution in [0.3, 0.4) is 0 Å². The van der Waals surface area contributed by atoms with Crippen LogP contribution >= 0.6 is 0 Å². The molecule has 0 fully saturated rings. The van der Waals surface area contributed by atoms with Gasteiger partial charge in [-0.2, -0.15) is 0 Å². The zero-order valence-electron chi connectivity index (χ0n) is 20.0. The van der Waals surface area contributed by atoms with Crippen molar-refractivity contribution < 1.29 is 28.6 Å². The number of amides is 1. The lowest BCUT2D eigenvalue weighted by molar-refractivity contribution is -0.130. The molecule has 0 saturated carbocycles. The van der Waals surface area contributed by atoms with E-state index >= 15 is 0 Å². The second-order valence-electron chi connectivity index (χ2n) is 8.19. The summed E-state index contributed by atoms with van der Waals surface area (Å²) in [5.74, 6) is -0.109. The molecule has 0 saturated heterocycles. The zero-order chi connectivity index (χ0) is 24.9. The molecule has 1 aliphatic heterocycles. The minimum Gasteiger partial charge on any atom is -0.503 e. The number of hydrogen-bond donors (Lipinski definition) is 1. The minimum atomic E-state index is -0.861. The van der Waals surface area contributed by atoms with Gasteiger partial charge >= 0.3 is 0 Å². The first-order chi connectivity index (χ1) is 16.9. The second-order valence-corrected chi connectivity index (χ2v) is 8.19. The molecule has 0 bridgehead atoms. The molecular formula is C27H28N2O6. The SMILES string of the molecule is CCCOc1ccc(C2C(C(=O)c3ccc(C)o3)=C(O)C(=O)N2Cc2cccnc2)cc1OCC. The van der Waals surface area contributed by atoms with E-state index in [1.807, 2.05) is 19.9 Å². The normalized spacial score (nSPS) is 15.6. The number of aryl methyl sites for hydroxylation is 1. The summed E-state index contributed by atoms with van der Waals surface area (Å²) in [6.07, 6.45) is 4.12. The fourth-order valence-corrected chi connectivity index (χ4v) is 4.07. The summed E-state index contributed by atoms with van der Waals surface area (Å²) in [7, 11) is 0. The van der Waals surface area contributed by atoms with E-state index in [-0.39, 0.29) is 17.9 Å². The predicted molar refractivity (Wildman–Crippen MR) is 128 cm³/mol. The molecule has 1 aliphatic rings. The number of rotatable bonds is 10. The van der Waals surface area contributed by atoms with E-state index in [4.69, 9.17) is 13.9 Å². The minimum absolute atomic E-state index is 0.0436. The molecule has 0 radical (unpaired) electrons. The van der Waals surface area contributed by atoms with Crippen molar-refractivity contribution in [1.29, 1.82) is 0 Å². The molecule has 3 aromatic rings. The zero-order valence-corrected chi connectivity index (χ0v) is 20.0. The number of aliphatic hydroxyl groups excluding tert-OH is 1. The lowest BCUT2D eigenvalue weighted by atomic mass is 9.94. The molecule has 1 amide bonds. The van der Waals surface area contributed by atoms with Crippen LogP contribution in [0.4, 0.5) is 0 Å². The number of ketones is 1. The summed E-state index contributed by atoms with van der Waals surface area (Å²) in [5.41, 5.74) is 1.32. The summed E-state index contributed by atoms with van der Waals surface area (Å²) in [6.45, 7) is 6.68. The van der Waals surface area contributed by atoms with E-state index in [2.05, 4.69) is 4.98 Å². The van der Waals surface area contributed by atoms with Crippen molar-refractivity contribution in [3.63, 3.8) is 0 Å². The number of aromatic nitrogens is 1. The van der Waals surface area contributed by atoms with Crippen LogP contribution in [0.15, 0.2) is 70.6 Å². The number of Topliss-reactive ketones (excluding diaryl/α,β-unsaturated/α-hetero) is 1. The Morgan fingerprint density at radius 3 is 2.63 bits per heavy atom. The highest BCUT2D eigenvalue weighted by atomic mass is 16.5. The Labute approximate surface area is 203 Å². The van der Waals surface area contributed by atoms with Gasteiger partial charge in [-0.25, -0.2) is 0 Å². The number of carbonyl (C=O) groups excluding carboxylic acids is 2. The van der Waals surface area contributed by atoms with Crippen LogP contribution in [0.25, 0.3) is 0 Å². The third-order valence-corrected chi connectivity index (χ3v) is 5.63. The smallest absolute Gasteiger partial charge is 0.290 e. The maximum absolute atomic E-state index is 13.5. The van der Waals surface area contributed by atoms with E-state index < -0.39 is 23.5 Å². The molecule has 182 valence electrons. The molecule has 1 atom stereocenters. The fourth-order valence-electron chi connectivity index (χ4n) is 4.07. The monoisotopic (exact) mass is 476 g/mol. The molecule has 0 aliphatic carbocycles. The Bertz CT molecular complexity index is 1250. The highest BCUT2D eigenvalue weighted by Gasteiger charge is 2.44. The van der Waals surface area contributed by atoms with Gasteiger partial charge in [0.2, 0.25) is 5.78 Å². The topological polar surface area (TPSA) is 102 Å². The van der Waals surface area contributed by atoms with E-state index in [0.717, 1.165) is 12.0 Å². The number of pyridine rings is 1. The van der Waals surface area contributed by atoms with Crippen molar-refractivity contribution in [2.45, 2.75) is 39.8 Å². The third kappa shape index (κ3) is 4.91. The van der Waals surface area contributed by atoms with Crippen LogP contribution in [0.1, 0.15) is 53.8 Å². The Balaban J connectivity index is 1.80. The molecular weight excluding hydrogens is 448 g/mol. The lowest BCUT2D eigenvalue weighted by Crippen LogP contribution is -2.30. The van der Waals surface area contributed by atoms with Gasteiger partial charge in [0.05, 0.1) is 24.8 Å². The van der Waals surface area contributed by atoms with Crippen molar-refractivity contribution in [3.8, 4) is 11.5 Å². The van der Waals surface area contributed by atoms with Crippen LogP contribution in [-0.4, -0.2) is 39.9 Å². The lowest BCUT2D eigenvalue weighted by Gasteiger charge is -2.27. The van der Waals surface area contributed by atoms with E-state index in [0.29, 0.717) is 36.0 Å². The van der Waals surface area contributed by atoms with Gasteiger partial charge in [0.15, 0.2) is 23.0 Å². The van der Waals surface area contributed by atoms with Crippen molar-refractivity contribution in [2.24, 2.45) is 0 Å². The van der Waals surface area contributed by atoms with Crippen LogP contribution in [0.2, 0.25) is 0 Å². The molecule has 1 unspecified atom stereocenters. The van der Waals surface area contributed by atoms with Gasteiger partial charge < -0.3 is 23.9 Å². The summed E-state index contributed by atoms with van der Waals surface area (Å²) >= 11 is 0. The highest BCUT2D eigenvalue weighted by Crippen LogP contribution is 2.42.